The van der Waals surface area contributed by atoms with Crippen molar-refractivity contribution < 1.29 is 25.9 Å². The molecule has 5 nitrogen and oxygen atoms in total. The van der Waals surface area contributed by atoms with Crippen molar-refractivity contribution in [2.75, 3.05) is 17.2 Å². The van der Waals surface area contributed by atoms with E-state index in [1.807, 2.05) is 0 Å². The molecule has 10 heteroatoms. The summed E-state index contributed by atoms with van der Waals surface area (Å²) in [6, 6.07) is 1.79. The fourth-order valence-corrected chi connectivity index (χ4v) is 4.24. The number of carbonyl (C=O) groups is 1. The fraction of sp³-hybridized carbons (Fsp3) is 0.333. The Balaban J connectivity index is 1.91. The molecule has 0 bridgehead atoms. The van der Waals surface area contributed by atoms with Gasteiger partial charge in [0.05, 0.1) is 10.5 Å². The number of fused-ring (bicyclic) bond motifs is 1. The topological polar surface area (TPSA) is 67.3 Å². The van der Waals surface area contributed by atoms with Crippen molar-refractivity contribution in [3.8, 4) is 0 Å². The molecule has 118 valence electrons. The molecule has 1 aromatic carbocycles. The zero-order chi connectivity index (χ0) is 16.1. The van der Waals surface area contributed by atoms with Crippen LogP contribution in [0.25, 0.3) is 10.2 Å². The smallest absolute Gasteiger partial charge is 0.288 e. The van der Waals surface area contributed by atoms with Gasteiger partial charge in [-0.1, -0.05) is 11.3 Å². The van der Waals surface area contributed by atoms with Crippen LogP contribution >= 0.6 is 11.3 Å². The maximum absolute atomic E-state index is 13.6. The van der Waals surface area contributed by atoms with Gasteiger partial charge in [0.15, 0.2) is 10.9 Å². The molecule has 1 unspecified atom stereocenters. The lowest BCUT2D eigenvalue weighted by atomic mass is 10.1. The van der Waals surface area contributed by atoms with E-state index in [2.05, 4.69) is 4.98 Å². The number of amides is 1. The number of aromatic nitrogens is 1. The van der Waals surface area contributed by atoms with E-state index in [1.54, 1.807) is 0 Å². The van der Waals surface area contributed by atoms with Crippen molar-refractivity contribution in [3.63, 3.8) is 0 Å². The highest BCUT2D eigenvalue weighted by atomic mass is 32.3. The number of halogens is 3. The molecule has 1 aliphatic rings. The molecule has 0 saturated carbocycles. The number of anilines is 1. The minimum Gasteiger partial charge on any atom is -0.288 e. The monoisotopic (exact) mass is 350 g/mol. The summed E-state index contributed by atoms with van der Waals surface area (Å²) in [6.07, 6.45) is -0.129. The Kier molecular flexibility index (Phi) is 3.60. The van der Waals surface area contributed by atoms with Crippen LogP contribution in [0.5, 0.6) is 0 Å². The first kappa shape index (κ1) is 15.2. The van der Waals surface area contributed by atoms with E-state index in [1.165, 1.54) is 4.90 Å². The second-order valence-corrected chi connectivity index (χ2v) is 7.43. The summed E-state index contributed by atoms with van der Waals surface area (Å²) in [7, 11) is -4.68. The Bertz CT molecular complexity index is 866. The molecule has 2 aromatic rings. The van der Waals surface area contributed by atoms with Crippen LogP contribution in [0.2, 0.25) is 0 Å². The summed E-state index contributed by atoms with van der Waals surface area (Å²) in [6.45, 7) is -0.0219. The van der Waals surface area contributed by atoms with Crippen molar-refractivity contribution in [1.82, 2.24) is 4.98 Å². The molecule has 0 N–H and O–H groups in total. The summed E-state index contributed by atoms with van der Waals surface area (Å²) in [4.78, 5) is 17.0. The summed E-state index contributed by atoms with van der Waals surface area (Å²) < 4.78 is 61.0. The van der Waals surface area contributed by atoms with E-state index in [9.17, 15) is 25.9 Å². The molecule has 1 fully saturated rings. The zero-order valence-electron chi connectivity index (χ0n) is 10.9. The van der Waals surface area contributed by atoms with Gasteiger partial charge in [-0.25, -0.2) is 13.8 Å². The van der Waals surface area contributed by atoms with Gasteiger partial charge in [-0.2, -0.15) is 8.42 Å². The molecule has 1 aromatic heterocycles. The number of rotatable bonds is 3. The highest BCUT2D eigenvalue weighted by molar-refractivity contribution is 7.86. The molecule has 1 amide bonds. The van der Waals surface area contributed by atoms with Crippen molar-refractivity contribution >= 4 is 42.8 Å². The number of benzene rings is 1. The van der Waals surface area contributed by atoms with Crippen LogP contribution in [0.1, 0.15) is 6.42 Å². The Morgan fingerprint density at radius 1 is 1.36 bits per heavy atom. The summed E-state index contributed by atoms with van der Waals surface area (Å²) in [5, 5.41) is 0.142. The molecule has 22 heavy (non-hydrogen) atoms. The van der Waals surface area contributed by atoms with Gasteiger partial charge in [0, 0.05) is 24.9 Å². The number of nitrogens with zero attached hydrogens (tertiary/aromatic N) is 2. The van der Waals surface area contributed by atoms with E-state index in [0.29, 0.717) is 6.07 Å². The molecule has 0 spiro atoms. The normalized spacial score (nSPS) is 19.3. The second-order valence-electron chi connectivity index (χ2n) is 5.01. The number of hydrogen-bond donors (Lipinski definition) is 0. The zero-order valence-corrected chi connectivity index (χ0v) is 12.6. The van der Waals surface area contributed by atoms with Gasteiger partial charge in [-0.05, 0) is 6.07 Å². The van der Waals surface area contributed by atoms with Gasteiger partial charge < -0.3 is 0 Å². The van der Waals surface area contributed by atoms with Crippen molar-refractivity contribution in [1.29, 1.82) is 0 Å². The molecule has 1 atom stereocenters. The van der Waals surface area contributed by atoms with E-state index in [0.717, 1.165) is 17.4 Å². The van der Waals surface area contributed by atoms with Crippen LogP contribution in [0.3, 0.4) is 0 Å². The molecule has 2 heterocycles. The third kappa shape index (κ3) is 2.93. The lowest BCUT2D eigenvalue weighted by Gasteiger charge is -2.11. The number of hydrogen-bond acceptors (Lipinski definition) is 5. The maximum Gasteiger partial charge on any atom is 0.302 e. The predicted octanol–water partition coefficient (Wildman–Crippen LogP) is 2.23. The van der Waals surface area contributed by atoms with Gasteiger partial charge in [-0.15, -0.1) is 3.89 Å². The Morgan fingerprint density at radius 2 is 2.09 bits per heavy atom. The van der Waals surface area contributed by atoms with E-state index >= 15 is 0 Å². The van der Waals surface area contributed by atoms with Crippen LogP contribution in [0.4, 0.5) is 17.8 Å². The predicted molar refractivity (Wildman–Crippen MR) is 74.9 cm³/mol. The molecule has 1 saturated heterocycles. The maximum atomic E-state index is 13.6. The first-order valence-electron chi connectivity index (χ1n) is 6.21. The van der Waals surface area contributed by atoms with Gasteiger partial charge in [-0.3, -0.25) is 9.69 Å². The van der Waals surface area contributed by atoms with Crippen molar-refractivity contribution in [3.05, 3.63) is 23.8 Å². The first-order chi connectivity index (χ1) is 10.2. The molecule has 0 aliphatic carbocycles. The molecular weight excluding hydrogens is 341 g/mol. The lowest BCUT2D eigenvalue weighted by molar-refractivity contribution is -0.117. The third-order valence-electron chi connectivity index (χ3n) is 3.27. The van der Waals surface area contributed by atoms with Crippen LogP contribution in [-0.2, 0) is 15.0 Å². The Hall–Kier alpha value is -1.68. The first-order valence-corrected chi connectivity index (χ1v) is 8.58. The molecule has 0 radical (unpaired) electrons. The van der Waals surface area contributed by atoms with Crippen LogP contribution in [0.15, 0.2) is 12.1 Å². The SMILES string of the molecule is O=C1CC(CS(=O)(=O)F)CN1c1nc2c(F)cc(F)cc2s1. The Labute approximate surface area is 127 Å². The highest BCUT2D eigenvalue weighted by Crippen LogP contribution is 2.34. The minimum absolute atomic E-state index is 0.0219. The van der Waals surface area contributed by atoms with Crippen LogP contribution in [-0.4, -0.2) is 31.6 Å². The molecular formula is C12H9F3N2O3S2. The standard InChI is InChI=1S/C12H9F3N2O3S2/c13-7-2-8(14)11-9(3-7)21-12(16-11)17-4-6(1-10(17)18)5-22(15,19)20/h2-3,6H,1,4-5H2. The number of thiazole rings is 1. The van der Waals surface area contributed by atoms with Crippen LogP contribution in [0, 0.1) is 17.6 Å². The third-order valence-corrected chi connectivity index (χ3v) is 5.17. The minimum atomic E-state index is -4.68. The highest BCUT2D eigenvalue weighted by Gasteiger charge is 2.35. The fourth-order valence-electron chi connectivity index (χ4n) is 2.42. The van der Waals surface area contributed by atoms with E-state index < -0.39 is 39.4 Å². The van der Waals surface area contributed by atoms with Gasteiger partial charge in [0.25, 0.3) is 0 Å². The van der Waals surface area contributed by atoms with Gasteiger partial charge in [0.2, 0.25) is 5.91 Å². The summed E-state index contributed by atoms with van der Waals surface area (Å²) in [5.41, 5.74) is -0.0595. The average Bonchev–Trinajstić information content (AvgIpc) is 2.90. The molecule has 3 rings (SSSR count). The lowest BCUT2D eigenvalue weighted by Crippen LogP contribution is -2.25. The summed E-state index contributed by atoms with van der Waals surface area (Å²) >= 11 is 0.917. The average molecular weight is 350 g/mol. The number of carbonyl (C=O) groups excluding carboxylic acids is 1. The largest absolute Gasteiger partial charge is 0.302 e. The Morgan fingerprint density at radius 3 is 2.77 bits per heavy atom. The van der Waals surface area contributed by atoms with Gasteiger partial charge in [0.1, 0.15) is 11.3 Å². The second kappa shape index (κ2) is 5.20. The quantitative estimate of drug-likeness (QED) is 0.796. The van der Waals surface area contributed by atoms with Crippen molar-refractivity contribution in [2.24, 2.45) is 5.92 Å². The summed E-state index contributed by atoms with van der Waals surface area (Å²) in [5.74, 6) is -3.45. The van der Waals surface area contributed by atoms with E-state index in [4.69, 9.17) is 0 Å². The molecule has 1 aliphatic heterocycles. The van der Waals surface area contributed by atoms with Crippen LogP contribution < -0.4 is 4.90 Å². The van der Waals surface area contributed by atoms with Crippen molar-refractivity contribution in [2.45, 2.75) is 6.42 Å². The van der Waals surface area contributed by atoms with E-state index in [-0.39, 0.29) is 28.3 Å². The van der Waals surface area contributed by atoms with Gasteiger partial charge >= 0.3 is 10.2 Å².